The summed E-state index contributed by atoms with van der Waals surface area (Å²) in [6.07, 6.45) is 5.75. The lowest BCUT2D eigenvalue weighted by Gasteiger charge is -2.01. The molecule has 0 N–H and O–H groups in total. The molecular weight excluding hydrogens is 287 g/mol. The van der Waals surface area contributed by atoms with Crippen LogP contribution in [0.5, 0.6) is 0 Å². The summed E-state index contributed by atoms with van der Waals surface area (Å²) in [5.74, 6) is 0. The molecule has 0 aromatic carbocycles. The van der Waals surface area contributed by atoms with E-state index in [-0.39, 0.29) is 0 Å². The first kappa shape index (κ1) is 9.58. The highest BCUT2D eigenvalue weighted by Gasteiger charge is 2.10. The summed E-state index contributed by atoms with van der Waals surface area (Å²) >= 11 is 2.30. The summed E-state index contributed by atoms with van der Waals surface area (Å²) in [5, 5.41) is 0. The van der Waals surface area contributed by atoms with Gasteiger partial charge >= 0.3 is 0 Å². The van der Waals surface area contributed by atoms with Crippen LogP contribution in [0, 0.1) is 3.57 Å². The van der Waals surface area contributed by atoms with Crippen LogP contribution in [0.25, 0.3) is 11.3 Å². The zero-order chi connectivity index (χ0) is 9.97. The predicted molar refractivity (Wildman–Crippen MR) is 63.6 cm³/mol. The molecule has 0 aliphatic rings. The highest BCUT2D eigenvalue weighted by molar-refractivity contribution is 14.1. The van der Waals surface area contributed by atoms with E-state index < -0.39 is 0 Å². The summed E-state index contributed by atoms with van der Waals surface area (Å²) in [6, 6.07) is 8.22. The van der Waals surface area contributed by atoms with Crippen molar-refractivity contribution in [3.8, 4) is 11.3 Å². The van der Waals surface area contributed by atoms with Crippen molar-refractivity contribution in [2.45, 2.75) is 0 Å². The number of rotatable bonds is 1. The summed E-state index contributed by atoms with van der Waals surface area (Å²) in [6.45, 7) is 0. The van der Waals surface area contributed by atoms with Gasteiger partial charge in [0.05, 0.1) is 5.56 Å². The standard InChI is InChI=1S/C11H10IN2/c1-14-7-3-2-4-11(14)9-5-6-13-8-10(9)12/h2-8H,1H3/q+1. The molecule has 3 heteroatoms. The third-order valence-corrected chi connectivity index (χ3v) is 2.96. The molecule has 0 saturated heterocycles. The van der Waals surface area contributed by atoms with E-state index in [0.717, 1.165) is 0 Å². The Hall–Kier alpha value is -0.970. The van der Waals surface area contributed by atoms with Crippen LogP contribution < -0.4 is 4.57 Å². The second-order valence-electron chi connectivity index (χ2n) is 3.05. The monoisotopic (exact) mass is 297 g/mol. The fourth-order valence-electron chi connectivity index (χ4n) is 1.39. The minimum atomic E-state index is 1.17. The van der Waals surface area contributed by atoms with Gasteiger partial charge in [-0.2, -0.15) is 0 Å². The molecule has 0 unspecified atom stereocenters. The van der Waals surface area contributed by atoms with Gasteiger partial charge in [-0.1, -0.05) is 0 Å². The number of aromatic nitrogens is 2. The fourth-order valence-corrected chi connectivity index (χ4v) is 2.00. The largest absolute Gasteiger partial charge is 0.264 e. The van der Waals surface area contributed by atoms with Crippen LogP contribution >= 0.6 is 22.6 Å². The van der Waals surface area contributed by atoms with Crippen molar-refractivity contribution in [1.82, 2.24) is 4.98 Å². The molecule has 70 valence electrons. The molecule has 0 spiro atoms. The molecule has 0 atom stereocenters. The Balaban J connectivity index is 2.61. The van der Waals surface area contributed by atoms with Gasteiger partial charge in [0.2, 0.25) is 5.69 Å². The molecule has 0 fully saturated rings. The van der Waals surface area contributed by atoms with Gasteiger partial charge in [0, 0.05) is 28.1 Å². The maximum Gasteiger partial charge on any atom is 0.213 e. The molecule has 2 aromatic rings. The average Bonchev–Trinajstić information content (AvgIpc) is 2.20. The maximum absolute atomic E-state index is 4.08. The first-order valence-corrected chi connectivity index (χ1v) is 5.41. The lowest BCUT2D eigenvalue weighted by molar-refractivity contribution is -0.660. The Morgan fingerprint density at radius 2 is 2.14 bits per heavy atom. The van der Waals surface area contributed by atoms with Gasteiger partial charge in [0.25, 0.3) is 0 Å². The molecule has 2 heterocycles. The minimum absolute atomic E-state index is 1.17. The van der Waals surface area contributed by atoms with Crippen LogP contribution in [0.4, 0.5) is 0 Å². The van der Waals surface area contributed by atoms with Crippen LogP contribution in [0.2, 0.25) is 0 Å². The van der Waals surface area contributed by atoms with Gasteiger partial charge in [-0.25, -0.2) is 4.57 Å². The smallest absolute Gasteiger partial charge is 0.213 e. The summed E-state index contributed by atoms with van der Waals surface area (Å²) in [4.78, 5) is 4.08. The molecule has 2 aromatic heterocycles. The van der Waals surface area contributed by atoms with Crippen LogP contribution in [0.1, 0.15) is 0 Å². The van der Waals surface area contributed by atoms with Gasteiger partial charge < -0.3 is 0 Å². The lowest BCUT2D eigenvalue weighted by Crippen LogP contribution is -2.30. The van der Waals surface area contributed by atoms with Crippen LogP contribution in [-0.4, -0.2) is 4.98 Å². The number of pyridine rings is 2. The van der Waals surface area contributed by atoms with E-state index in [4.69, 9.17) is 0 Å². The highest BCUT2D eigenvalue weighted by Crippen LogP contribution is 2.20. The number of hydrogen-bond acceptors (Lipinski definition) is 1. The summed E-state index contributed by atoms with van der Waals surface area (Å²) in [7, 11) is 2.05. The van der Waals surface area contributed by atoms with E-state index in [1.54, 1.807) is 0 Å². The second kappa shape index (κ2) is 4.04. The van der Waals surface area contributed by atoms with E-state index in [2.05, 4.69) is 38.2 Å². The van der Waals surface area contributed by atoms with E-state index >= 15 is 0 Å². The van der Waals surface area contributed by atoms with Crippen molar-refractivity contribution >= 4 is 22.6 Å². The highest BCUT2D eigenvalue weighted by atomic mass is 127. The zero-order valence-electron chi connectivity index (χ0n) is 7.81. The SMILES string of the molecule is C[n+]1ccccc1-c1ccncc1I. The van der Waals surface area contributed by atoms with E-state index in [9.17, 15) is 0 Å². The Bertz CT molecular complexity index is 411. The van der Waals surface area contributed by atoms with Crippen molar-refractivity contribution in [2.24, 2.45) is 7.05 Å². The Labute approximate surface area is 96.8 Å². The molecule has 0 aliphatic carbocycles. The van der Waals surface area contributed by atoms with Gasteiger partial charge in [0.15, 0.2) is 6.20 Å². The van der Waals surface area contributed by atoms with Crippen LogP contribution in [0.15, 0.2) is 42.9 Å². The second-order valence-corrected chi connectivity index (χ2v) is 4.21. The van der Waals surface area contributed by atoms with Crippen molar-refractivity contribution in [2.75, 3.05) is 0 Å². The molecule has 0 radical (unpaired) electrons. The minimum Gasteiger partial charge on any atom is -0.264 e. The first-order chi connectivity index (χ1) is 6.79. The first-order valence-electron chi connectivity index (χ1n) is 4.33. The average molecular weight is 297 g/mol. The molecular formula is C11H10IN2+. The number of halogens is 1. The van der Waals surface area contributed by atoms with Crippen molar-refractivity contribution in [3.05, 3.63) is 46.4 Å². The molecule has 14 heavy (non-hydrogen) atoms. The third-order valence-electron chi connectivity index (χ3n) is 2.10. The topological polar surface area (TPSA) is 16.8 Å². The normalized spacial score (nSPS) is 10.1. The summed E-state index contributed by atoms with van der Waals surface area (Å²) < 4.78 is 3.28. The Kier molecular flexibility index (Phi) is 2.77. The maximum atomic E-state index is 4.08. The van der Waals surface area contributed by atoms with Gasteiger partial charge in [0.1, 0.15) is 7.05 Å². The summed E-state index contributed by atoms with van der Waals surface area (Å²) in [5.41, 5.74) is 2.43. The quantitative estimate of drug-likeness (QED) is 0.582. The van der Waals surface area contributed by atoms with Crippen molar-refractivity contribution in [1.29, 1.82) is 0 Å². The molecule has 0 saturated carbocycles. The van der Waals surface area contributed by atoms with Gasteiger partial charge in [-0.05, 0) is 34.7 Å². The zero-order valence-corrected chi connectivity index (χ0v) is 9.97. The lowest BCUT2D eigenvalue weighted by atomic mass is 10.2. The Morgan fingerprint density at radius 3 is 2.86 bits per heavy atom. The Morgan fingerprint density at radius 1 is 1.29 bits per heavy atom. The van der Waals surface area contributed by atoms with E-state index in [1.165, 1.54) is 14.8 Å². The van der Waals surface area contributed by atoms with Crippen LogP contribution in [-0.2, 0) is 7.05 Å². The predicted octanol–water partition coefficient (Wildman–Crippen LogP) is 2.18. The molecule has 0 bridgehead atoms. The van der Waals surface area contributed by atoms with Gasteiger partial charge in [-0.3, -0.25) is 4.98 Å². The number of aryl methyl sites for hydroxylation is 1. The fraction of sp³-hybridized carbons (Fsp3) is 0.0909. The molecule has 0 aliphatic heterocycles. The molecule has 2 rings (SSSR count). The molecule has 0 amide bonds. The molecule has 2 nitrogen and oxygen atoms in total. The van der Waals surface area contributed by atoms with Crippen LogP contribution in [0.3, 0.4) is 0 Å². The third kappa shape index (κ3) is 1.77. The van der Waals surface area contributed by atoms with E-state index in [0.29, 0.717) is 0 Å². The number of hydrogen-bond donors (Lipinski definition) is 0. The van der Waals surface area contributed by atoms with Crippen molar-refractivity contribution in [3.63, 3.8) is 0 Å². The van der Waals surface area contributed by atoms with Gasteiger partial charge in [-0.15, -0.1) is 0 Å². The van der Waals surface area contributed by atoms with Crippen molar-refractivity contribution < 1.29 is 4.57 Å². The van der Waals surface area contributed by atoms with E-state index in [1.807, 2.05) is 43.8 Å². The number of nitrogens with zero attached hydrogens (tertiary/aromatic N) is 2.